The number of H-pyrrole nitrogens is 1. The summed E-state index contributed by atoms with van der Waals surface area (Å²) in [5.41, 5.74) is 0. The fourth-order valence-electron chi connectivity index (χ4n) is 0.215. The fraction of sp³-hybridized carbons (Fsp3) is 0. The minimum absolute atomic E-state index is 0. The van der Waals surface area contributed by atoms with Crippen molar-refractivity contribution in [2.45, 2.75) is 0 Å². The predicted molar refractivity (Wildman–Crippen MR) is 18.6 cm³/mol. The zero-order valence-corrected chi connectivity index (χ0v) is 4.77. The molecule has 0 spiro atoms. The van der Waals surface area contributed by atoms with Crippen LogP contribution in [0.15, 0.2) is 18.5 Å². The molecule has 1 radical (unpaired) electrons. The van der Waals surface area contributed by atoms with Gasteiger partial charge in [0.1, 0.15) is 0 Å². The van der Waals surface area contributed by atoms with Crippen LogP contribution < -0.4 is 0 Å². The smallest absolute Gasteiger partial charge is 0.286 e. The van der Waals surface area contributed by atoms with Gasteiger partial charge in [-0.2, -0.15) is 5.10 Å². The number of hydrogen-bond donors (Lipinski definition) is 1. The molecular weight excluding hydrogens is 165 g/mol. The Hall–Kier alpha value is -0.167. The van der Waals surface area contributed by atoms with Gasteiger partial charge in [-0.3, -0.25) is 5.10 Å². The second-order valence-corrected chi connectivity index (χ2v) is 0.766. The van der Waals surface area contributed by atoms with Gasteiger partial charge in [-0.1, -0.05) is 0 Å². The minimum Gasteiger partial charge on any atom is -0.286 e. The van der Waals surface area contributed by atoms with Gasteiger partial charge in [-0.15, -0.1) is 0 Å². The zero-order chi connectivity index (χ0) is 3.54. The molecular formula is C3H4N2Ru+3. The average Bonchev–Trinajstić information content (AvgIpc) is 1.76. The Labute approximate surface area is 48.7 Å². The van der Waals surface area contributed by atoms with Crippen molar-refractivity contribution >= 4 is 0 Å². The van der Waals surface area contributed by atoms with Gasteiger partial charge >= 0.3 is 19.5 Å². The van der Waals surface area contributed by atoms with Crippen LogP contribution in [0.4, 0.5) is 0 Å². The van der Waals surface area contributed by atoms with Gasteiger partial charge < -0.3 is 0 Å². The maximum absolute atomic E-state index is 3.60. The van der Waals surface area contributed by atoms with Gasteiger partial charge in [0.05, 0.1) is 0 Å². The van der Waals surface area contributed by atoms with Crippen LogP contribution >= 0.6 is 0 Å². The number of rotatable bonds is 0. The molecule has 1 rings (SSSR count). The van der Waals surface area contributed by atoms with E-state index in [0.29, 0.717) is 0 Å². The molecule has 3 heteroatoms. The van der Waals surface area contributed by atoms with Crippen LogP contribution in [0.2, 0.25) is 0 Å². The molecule has 0 aliphatic carbocycles. The topological polar surface area (TPSA) is 28.7 Å². The van der Waals surface area contributed by atoms with E-state index in [2.05, 4.69) is 10.2 Å². The van der Waals surface area contributed by atoms with E-state index in [0.717, 1.165) is 0 Å². The van der Waals surface area contributed by atoms with Crippen LogP contribution in [0.5, 0.6) is 0 Å². The summed E-state index contributed by atoms with van der Waals surface area (Å²) < 4.78 is 0. The molecule has 0 aliphatic rings. The number of hydrogen-bond acceptors (Lipinski definition) is 1. The first-order valence-electron chi connectivity index (χ1n) is 1.44. The number of nitrogens with one attached hydrogen (secondary N) is 1. The third-order valence-corrected chi connectivity index (χ3v) is 0.406. The Morgan fingerprint density at radius 1 is 1.50 bits per heavy atom. The van der Waals surface area contributed by atoms with E-state index in [1.54, 1.807) is 12.4 Å². The number of aromatic amines is 1. The molecule has 1 heterocycles. The molecule has 0 bridgehead atoms. The largest absolute Gasteiger partial charge is 3.00 e. The summed E-state index contributed by atoms with van der Waals surface area (Å²) >= 11 is 0. The summed E-state index contributed by atoms with van der Waals surface area (Å²) in [6, 6.07) is 1.83. The quantitative estimate of drug-likeness (QED) is 0.560. The van der Waals surface area contributed by atoms with Crippen LogP contribution in [0.3, 0.4) is 0 Å². The maximum atomic E-state index is 3.60. The maximum Gasteiger partial charge on any atom is 3.00 e. The van der Waals surface area contributed by atoms with Crippen molar-refractivity contribution in [1.29, 1.82) is 0 Å². The first-order valence-corrected chi connectivity index (χ1v) is 1.44. The van der Waals surface area contributed by atoms with Gasteiger partial charge in [0.2, 0.25) is 0 Å². The Morgan fingerprint density at radius 3 is 2.50 bits per heavy atom. The average molecular weight is 169 g/mol. The standard InChI is InChI=1S/C3H4N2.Ru/c1-2-4-5-3-1;/h1-3H,(H,4,5);/q;+3. The van der Waals surface area contributed by atoms with Gasteiger partial charge in [0, 0.05) is 12.4 Å². The first-order chi connectivity index (χ1) is 2.50. The molecule has 0 atom stereocenters. The molecule has 1 aromatic heterocycles. The van der Waals surface area contributed by atoms with Gasteiger partial charge in [0.25, 0.3) is 0 Å². The van der Waals surface area contributed by atoms with Crippen molar-refractivity contribution in [1.82, 2.24) is 10.2 Å². The molecule has 0 aromatic carbocycles. The molecule has 0 amide bonds. The summed E-state index contributed by atoms with van der Waals surface area (Å²) in [4.78, 5) is 0. The Balaban J connectivity index is 0.000000250. The van der Waals surface area contributed by atoms with Crippen molar-refractivity contribution < 1.29 is 19.5 Å². The van der Waals surface area contributed by atoms with Crippen LogP contribution in [-0.4, -0.2) is 10.2 Å². The van der Waals surface area contributed by atoms with Gasteiger partial charge in [0.15, 0.2) is 0 Å². The molecule has 0 fully saturated rings. The van der Waals surface area contributed by atoms with E-state index in [4.69, 9.17) is 0 Å². The molecule has 0 unspecified atom stereocenters. The molecule has 2 nitrogen and oxygen atoms in total. The van der Waals surface area contributed by atoms with Crippen LogP contribution in [0.25, 0.3) is 0 Å². The van der Waals surface area contributed by atoms with E-state index in [1.165, 1.54) is 0 Å². The molecule has 31 valence electrons. The minimum atomic E-state index is 0. The van der Waals surface area contributed by atoms with Crippen molar-refractivity contribution in [3.05, 3.63) is 18.5 Å². The third-order valence-electron chi connectivity index (χ3n) is 0.406. The molecule has 0 saturated carbocycles. The summed E-state index contributed by atoms with van der Waals surface area (Å²) in [6.45, 7) is 0. The SMILES string of the molecule is [Ru+3].c1cn[nH]c1. The van der Waals surface area contributed by atoms with E-state index < -0.39 is 0 Å². The Morgan fingerprint density at radius 2 is 2.33 bits per heavy atom. The van der Waals surface area contributed by atoms with Gasteiger partial charge in [-0.25, -0.2) is 0 Å². The molecule has 0 saturated heterocycles. The second-order valence-electron chi connectivity index (χ2n) is 0.766. The normalized spacial score (nSPS) is 6.67. The van der Waals surface area contributed by atoms with Crippen molar-refractivity contribution in [2.75, 3.05) is 0 Å². The zero-order valence-electron chi connectivity index (χ0n) is 3.03. The van der Waals surface area contributed by atoms with Crippen molar-refractivity contribution in [2.24, 2.45) is 0 Å². The Bertz CT molecular complexity index is 65.3. The van der Waals surface area contributed by atoms with Crippen LogP contribution in [0.1, 0.15) is 0 Å². The summed E-state index contributed by atoms with van der Waals surface area (Å²) in [7, 11) is 0. The van der Waals surface area contributed by atoms with Crippen LogP contribution in [-0.2, 0) is 19.5 Å². The van der Waals surface area contributed by atoms with E-state index in [1.807, 2.05) is 6.07 Å². The van der Waals surface area contributed by atoms with Crippen molar-refractivity contribution in [3.8, 4) is 0 Å². The molecule has 1 N–H and O–H groups in total. The second kappa shape index (κ2) is 3.04. The van der Waals surface area contributed by atoms with Crippen molar-refractivity contribution in [3.63, 3.8) is 0 Å². The monoisotopic (exact) mass is 170 g/mol. The first kappa shape index (κ1) is 5.83. The predicted octanol–water partition coefficient (Wildman–Crippen LogP) is 0.407. The van der Waals surface area contributed by atoms with E-state index in [-0.39, 0.29) is 19.5 Å². The molecule has 0 aliphatic heterocycles. The third kappa shape index (κ3) is 1.32. The molecule has 1 aromatic rings. The summed E-state index contributed by atoms with van der Waals surface area (Å²) in [5.74, 6) is 0. The Kier molecular flexibility index (Phi) is 2.96. The molecule has 6 heavy (non-hydrogen) atoms. The summed E-state index contributed by atoms with van der Waals surface area (Å²) in [5, 5.41) is 6.21. The number of aromatic nitrogens is 2. The summed E-state index contributed by atoms with van der Waals surface area (Å²) in [6.07, 6.45) is 3.46. The van der Waals surface area contributed by atoms with E-state index >= 15 is 0 Å². The van der Waals surface area contributed by atoms with Gasteiger partial charge in [-0.05, 0) is 6.07 Å². The number of nitrogens with zero attached hydrogens (tertiary/aromatic N) is 1. The van der Waals surface area contributed by atoms with E-state index in [9.17, 15) is 0 Å². The fourth-order valence-corrected chi connectivity index (χ4v) is 0.215. The van der Waals surface area contributed by atoms with Crippen LogP contribution in [0, 0.1) is 0 Å².